The molecule has 0 bridgehead atoms. The van der Waals surface area contributed by atoms with Crippen LogP contribution in [0.15, 0.2) is 36.4 Å². The second-order valence-corrected chi connectivity index (χ2v) is 9.77. The number of amides is 3. The zero-order valence-electron chi connectivity index (χ0n) is 19.0. The van der Waals surface area contributed by atoms with Gasteiger partial charge in [0, 0.05) is 37.8 Å². The number of benzene rings is 2. The third kappa shape index (κ3) is 3.68. The number of rotatable bonds is 4. The third-order valence-electron chi connectivity index (χ3n) is 6.37. The quantitative estimate of drug-likeness (QED) is 0.551. The SMILES string of the molecule is CCc1ccc2nc(N3CCN(C(=O)c4ccc5c(c4)C(=O)N(C(C)C)C5=O)CC3)sc2c1. The predicted molar refractivity (Wildman–Crippen MR) is 129 cm³/mol. The molecule has 1 fully saturated rings. The Morgan fingerprint density at radius 1 is 1.00 bits per heavy atom. The molecule has 8 heteroatoms. The van der Waals surface area contributed by atoms with E-state index in [1.54, 1.807) is 43.4 Å². The number of imide groups is 1. The lowest BCUT2D eigenvalue weighted by Crippen LogP contribution is -2.48. The third-order valence-corrected chi connectivity index (χ3v) is 7.45. The Labute approximate surface area is 196 Å². The first-order valence-corrected chi connectivity index (χ1v) is 12.1. The van der Waals surface area contributed by atoms with E-state index in [-0.39, 0.29) is 23.8 Å². The van der Waals surface area contributed by atoms with Crippen molar-refractivity contribution in [3.63, 3.8) is 0 Å². The highest BCUT2D eigenvalue weighted by Crippen LogP contribution is 2.31. The normalized spacial score (nSPS) is 16.3. The Kier molecular flexibility index (Phi) is 5.40. The van der Waals surface area contributed by atoms with Crippen LogP contribution in [0.5, 0.6) is 0 Å². The van der Waals surface area contributed by atoms with Gasteiger partial charge in [-0.05, 0) is 56.2 Å². The fourth-order valence-electron chi connectivity index (χ4n) is 4.46. The van der Waals surface area contributed by atoms with Gasteiger partial charge in [-0.25, -0.2) is 4.98 Å². The first-order valence-electron chi connectivity index (χ1n) is 11.3. The molecular formula is C25H26N4O3S. The maximum atomic E-state index is 13.1. The molecule has 0 radical (unpaired) electrons. The van der Waals surface area contributed by atoms with Gasteiger partial charge in [0.1, 0.15) is 0 Å². The van der Waals surface area contributed by atoms with Gasteiger partial charge in [-0.3, -0.25) is 19.3 Å². The van der Waals surface area contributed by atoms with Crippen molar-refractivity contribution in [2.45, 2.75) is 33.2 Å². The molecule has 0 saturated carbocycles. The summed E-state index contributed by atoms with van der Waals surface area (Å²) in [6.45, 7) is 8.33. The van der Waals surface area contributed by atoms with Gasteiger partial charge in [-0.1, -0.05) is 24.3 Å². The second kappa shape index (κ2) is 8.26. The van der Waals surface area contributed by atoms with Crippen LogP contribution in [0, 0.1) is 0 Å². The Morgan fingerprint density at radius 2 is 1.73 bits per heavy atom. The molecular weight excluding hydrogens is 436 g/mol. The van der Waals surface area contributed by atoms with Gasteiger partial charge >= 0.3 is 0 Å². The van der Waals surface area contributed by atoms with Crippen molar-refractivity contribution in [1.29, 1.82) is 0 Å². The molecule has 3 aromatic rings. The van der Waals surface area contributed by atoms with Gasteiger partial charge in [-0.15, -0.1) is 0 Å². The molecule has 0 aliphatic carbocycles. The van der Waals surface area contributed by atoms with Crippen LogP contribution in [0.1, 0.15) is 57.4 Å². The number of aromatic nitrogens is 1. The number of carbonyl (C=O) groups is 3. The van der Waals surface area contributed by atoms with E-state index >= 15 is 0 Å². The second-order valence-electron chi connectivity index (χ2n) is 8.77. The lowest BCUT2D eigenvalue weighted by Gasteiger charge is -2.34. The van der Waals surface area contributed by atoms with E-state index in [2.05, 4.69) is 30.0 Å². The summed E-state index contributed by atoms with van der Waals surface area (Å²) in [6.07, 6.45) is 1.00. The fourth-order valence-corrected chi connectivity index (χ4v) is 5.54. The van der Waals surface area contributed by atoms with E-state index in [4.69, 9.17) is 4.98 Å². The number of piperazine rings is 1. The number of hydrogen-bond acceptors (Lipinski definition) is 6. The Hall–Kier alpha value is -3.26. The Bertz CT molecular complexity index is 1270. The summed E-state index contributed by atoms with van der Waals surface area (Å²) < 4.78 is 1.19. The summed E-state index contributed by atoms with van der Waals surface area (Å²) in [7, 11) is 0. The number of nitrogens with zero attached hydrogens (tertiary/aromatic N) is 4. The van der Waals surface area contributed by atoms with Gasteiger partial charge in [0.2, 0.25) is 0 Å². The van der Waals surface area contributed by atoms with E-state index in [1.165, 1.54) is 15.2 Å². The van der Waals surface area contributed by atoms with Crippen molar-refractivity contribution in [3.8, 4) is 0 Å². The van der Waals surface area contributed by atoms with Crippen molar-refractivity contribution in [1.82, 2.24) is 14.8 Å². The van der Waals surface area contributed by atoms with Crippen LogP contribution in [0.3, 0.4) is 0 Å². The summed E-state index contributed by atoms with van der Waals surface area (Å²) in [5.41, 5.74) is 3.45. The molecule has 5 rings (SSSR count). The van der Waals surface area contributed by atoms with E-state index in [0.29, 0.717) is 42.9 Å². The Morgan fingerprint density at radius 3 is 2.42 bits per heavy atom. The van der Waals surface area contributed by atoms with Crippen LogP contribution in [-0.4, -0.2) is 64.7 Å². The molecule has 7 nitrogen and oxygen atoms in total. The first-order chi connectivity index (χ1) is 15.9. The lowest BCUT2D eigenvalue weighted by atomic mass is 10.0. The number of carbonyl (C=O) groups excluding carboxylic acids is 3. The lowest BCUT2D eigenvalue weighted by molar-refractivity contribution is 0.0608. The summed E-state index contributed by atoms with van der Waals surface area (Å²) in [6, 6.07) is 11.0. The molecule has 170 valence electrons. The molecule has 3 amide bonds. The van der Waals surface area contributed by atoms with Gasteiger partial charge in [0.05, 0.1) is 21.3 Å². The maximum Gasteiger partial charge on any atom is 0.261 e. The van der Waals surface area contributed by atoms with Crippen LogP contribution >= 0.6 is 11.3 Å². The average molecular weight is 463 g/mol. The molecule has 33 heavy (non-hydrogen) atoms. The highest BCUT2D eigenvalue weighted by Gasteiger charge is 2.38. The van der Waals surface area contributed by atoms with Crippen molar-refractivity contribution < 1.29 is 14.4 Å². The topological polar surface area (TPSA) is 73.8 Å². The van der Waals surface area contributed by atoms with Crippen LogP contribution in [0.2, 0.25) is 0 Å². The van der Waals surface area contributed by atoms with Crippen LogP contribution in [-0.2, 0) is 6.42 Å². The van der Waals surface area contributed by atoms with Gasteiger partial charge in [0.25, 0.3) is 17.7 Å². The fraction of sp³-hybridized carbons (Fsp3) is 0.360. The highest BCUT2D eigenvalue weighted by atomic mass is 32.1. The molecule has 0 unspecified atom stereocenters. The predicted octanol–water partition coefficient (Wildman–Crippen LogP) is 3.83. The van der Waals surface area contributed by atoms with Gasteiger partial charge in [-0.2, -0.15) is 0 Å². The molecule has 0 atom stereocenters. The molecule has 2 aromatic carbocycles. The molecule has 2 aliphatic heterocycles. The number of aryl methyl sites for hydroxylation is 1. The van der Waals surface area contributed by atoms with Crippen molar-refractivity contribution in [2.24, 2.45) is 0 Å². The summed E-state index contributed by atoms with van der Waals surface area (Å²) in [4.78, 5) is 48.4. The first kappa shape index (κ1) is 21.6. The molecule has 0 N–H and O–H groups in total. The smallest absolute Gasteiger partial charge is 0.261 e. The number of thiazole rings is 1. The minimum Gasteiger partial charge on any atom is -0.345 e. The zero-order chi connectivity index (χ0) is 23.3. The van der Waals surface area contributed by atoms with Crippen molar-refractivity contribution >= 4 is 44.4 Å². The van der Waals surface area contributed by atoms with Crippen LogP contribution < -0.4 is 4.90 Å². The van der Waals surface area contributed by atoms with Gasteiger partial charge < -0.3 is 9.80 Å². The molecule has 1 aromatic heterocycles. The molecule has 0 spiro atoms. The number of fused-ring (bicyclic) bond motifs is 2. The Balaban J connectivity index is 1.29. The van der Waals surface area contributed by atoms with Crippen molar-refractivity contribution in [3.05, 3.63) is 58.7 Å². The minimum absolute atomic E-state index is 0.113. The average Bonchev–Trinajstić information content (AvgIpc) is 3.36. The highest BCUT2D eigenvalue weighted by molar-refractivity contribution is 7.22. The number of anilines is 1. The van der Waals surface area contributed by atoms with E-state index in [0.717, 1.165) is 17.1 Å². The van der Waals surface area contributed by atoms with E-state index < -0.39 is 0 Å². The molecule has 3 heterocycles. The van der Waals surface area contributed by atoms with Crippen molar-refractivity contribution in [2.75, 3.05) is 31.1 Å². The summed E-state index contributed by atoms with van der Waals surface area (Å²) >= 11 is 1.69. The standard InChI is InChI=1S/C25H26N4O3S/c1-4-16-5-8-20-21(13-16)33-25(26-20)28-11-9-27(10-12-28)22(30)17-6-7-18-19(14-17)24(32)29(15(2)3)23(18)31/h5-8,13-15H,4,9-12H2,1-3H3. The van der Waals surface area contributed by atoms with Gasteiger partial charge in [0.15, 0.2) is 5.13 Å². The largest absolute Gasteiger partial charge is 0.345 e. The van der Waals surface area contributed by atoms with Crippen LogP contribution in [0.4, 0.5) is 5.13 Å². The summed E-state index contributed by atoms with van der Waals surface area (Å²) in [5, 5.41) is 0.987. The number of hydrogen-bond donors (Lipinski definition) is 0. The zero-order valence-corrected chi connectivity index (χ0v) is 19.8. The van der Waals surface area contributed by atoms with E-state index in [1.807, 2.05) is 4.90 Å². The maximum absolute atomic E-state index is 13.1. The monoisotopic (exact) mass is 462 g/mol. The van der Waals surface area contributed by atoms with Crippen LogP contribution in [0.25, 0.3) is 10.2 Å². The summed E-state index contributed by atoms with van der Waals surface area (Å²) in [5.74, 6) is -0.733. The minimum atomic E-state index is -0.327. The molecule has 2 aliphatic rings. The molecule has 1 saturated heterocycles. The van der Waals surface area contributed by atoms with E-state index in [9.17, 15) is 14.4 Å².